The summed E-state index contributed by atoms with van der Waals surface area (Å²) in [7, 11) is 1.83. The first-order chi connectivity index (χ1) is 10.2. The Balaban J connectivity index is 1.54. The van der Waals surface area contributed by atoms with Crippen molar-refractivity contribution in [3.63, 3.8) is 0 Å². The first kappa shape index (κ1) is 13.5. The predicted molar refractivity (Wildman–Crippen MR) is 82.5 cm³/mol. The molecule has 3 rings (SSSR count). The summed E-state index contributed by atoms with van der Waals surface area (Å²) >= 11 is 0. The molecule has 0 spiro atoms. The molecule has 6 heteroatoms. The molecule has 0 bridgehead atoms. The molecule has 21 heavy (non-hydrogen) atoms. The summed E-state index contributed by atoms with van der Waals surface area (Å²) in [6, 6.07) is 12.0. The van der Waals surface area contributed by atoms with Gasteiger partial charge >= 0.3 is 6.03 Å². The normalized spacial score (nSPS) is 15.1. The van der Waals surface area contributed by atoms with Crippen LogP contribution in [0.3, 0.4) is 0 Å². The summed E-state index contributed by atoms with van der Waals surface area (Å²) in [6.45, 7) is 3.13. The minimum absolute atomic E-state index is 0.0820. The van der Waals surface area contributed by atoms with E-state index in [9.17, 15) is 4.79 Å². The molecule has 110 valence electrons. The Kier molecular flexibility index (Phi) is 3.77. The lowest BCUT2D eigenvalue weighted by atomic mass is 10.2. The Bertz CT molecular complexity index is 602. The highest BCUT2D eigenvalue weighted by atomic mass is 16.2. The third kappa shape index (κ3) is 3.16. The van der Waals surface area contributed by atoms with Crippen LogP contribution >= 0.6 is 0 Å². The van der Waals surface area contributed by atoms with E-state index in [1.165, 1.54) is 5.69 Å². The van der Waals surface area contributed by atoms with Crippen molar-refractivity contribution in [2.75, 3.05) is 36.4 Å². The number of urea groups is 1. The predicted octanol–water partition coefficient (Wildman–Crippen LogP) is 1.77. The summed E-state index contributed by atoms with van der Waals surface area (Å²) < 4.78 is 1.67. The van der Waals surface area contributed by atoms with Crippen LogP contribution in [-0.2, 0) is 7.05 Å². The van der Waals surface area contributed by atoms with Crippen molar-refractivity contribution in [1.82, 2.24) is 14.7 Å². The van der Waals surface area contributed by atoms with Crippen LogP contribution in [0.2, 0.25) is 0 Å². The minimum atomic E-state index is -0.0820. The van der Waals surface area contributed by atoms with Crippen LogP contribution in [0.15, 0.2) is 42.6 Å². The van der Waals surface area contributed by atoms with Gasteiger partial charge in [0.1, 0.15) is 0 Å². The Morgan fingerprint density at radius 1 is 1.10 bits per heavy atom. The quantitative estimate of drug-likeness (QED) is 0.915. The van der Waals surface area contributed by atoms with Gasteiger partial charge in [0.15, 0.2) is 5.82 Å². The van der Waals surface area contributed by atoms with E-state index >= 15 is 0 Å². The lowest BCUT2D eigenvalue weighted by molar-refractivity contribution is 0.208. The fourth-order valence-electron chi connectivity index (χ4n) is 2.48. The molecule has 0 aliphatic carbocycles. The molecule has 6 nitrogen and oxygen atoms in total. The van der Waals surface area contributed by atoms with E-state index in [2.05, 4.69) is 27.4 Å². The first-order valence-corrected chi connectivity index (χ1v) is 7.08. The zero-order valence-corrected chi connectivity index (χ0v) is 12.1. The Hall–Kier alpha value is -2.50. The molecule has 1 aromatic carbocycles. The van der Waals surface area contributed by atoms with Crippen LogP contribution in [0, 0.1) is 0 Å². The van der Waals surface area contributed by atoms with Crippen LogP contribution in [0.5, 0.6) is 0 Å². The molecule has 0 radical (unpaired) electrons. The number of benzene rings is 1. The van der Waals surface area contributed by atoms with Gasteiger partial charge in [0.2, 0.25) is 0 Å². The van der Waals surface area contributed by atoms with Gasteiger partial charge < -0.3 is 9.80 Å². The summed E-state index contributed by atoms with van der Waals surface area (Å²) in [5, 5.41) is 6.98. The lowest BCUT2D eigenvalue weighted by Gasteiger charge is -2.35. The maximum atomic E-state index is 12.2. The average molecular weight is 285 g/mol. The molecule has 0 unspecified atom stereocenters. The number of carbonyl (C=O) groups is 1. The maximum Gasteiger partial charge on any atom is 0.323 e. The number of piperazine rings is 1. The largest absolute Gasteiger partial charge is 0.368 e. The molecule has 1 aliphatic heterocycles. The number of aryl methyl sites for hydroxylation is 1. The van der Waals surface area contributed by atoms with Gasteiger partial charge in [-0.15, -0.1) is 0 Å². The Morgan fingerprint density at radius 2 is 1.81 bits per heavy atom. The van der Waals surface area contributed by atoms with Crippen LogP contribution in [0.1, 0.15) is 0 Å². The average Bonchev–Trinajstić information content (AvgIpc) is 2.93. The van der Waals surface area contributed by atoms with Crippen molar-refractivity contribution in [3.05, 3.63) is 42.6 Å². The van der Waals surface area contributed by atoms with Crippen LogP contribution in [0.4, 0.5) is 16.3 Å². The van der Waals surface area contributed by atoms with Crippen LogP contribution in [0.25, 0.3) is 0 Å². The van der Waals surface area contributed by atoms with Crippen molar-refractivity contribution in [2.45, 2.75) is 0 Å². The van der Waals surface area contributed by atoms with E-state index in [1.54, 1.807) is 10.7 Å². The van der Waals surface area contributed by atoms with Crippen molar-refractivity contribution >= 4 is 17.5 Å². The highest BCUT2D eigenvalue weighted by molar-refractivity contribution is 5.88. The summed E-state index contributed by atoms with van der Waals surface area (Å²) in [4.78, 5) is 16.3. The third-order valence-electron chi connectivity index (χ3n) is 3.64. The topological polar surface area (TPSA) is 53.4 Å². The molecule has 0 atom stereocenters. The number of hydrogen-bond acceptors (Lipinski definition) is 3. The number of rotatable bonds is 2. The number of anilines is 2. The van der Waals surface area contributed by atoms with Gasteiger partial charge in [0.25, 0.3) is 0 Å². The first-order valence-electron chi connectivity index (χ1n) is 7.08. The number of nitrogens with zero attached hydrogens (tertiary/aromatic N) is 4. The molecule has 1 fully saturated rings. The van der Waals surface area contributed by atoms with Gasteiger partial charge in [-0.2, -0.15) is 5.10 Å². The smallest absolute Gasteiger partial charge is 0.323 e. The van der Waals surface area contributed by atoms with Crippen LogP contribution < -0.4 is 10.2 Å². The monoisotopic (exact) mass is 285 g/mol. The van der Waals surface area contributed by atoms with Gasteiger partial charge in [-0.1, -0.05) is 18.2 Å². The second kappa shape index (κ2) is 5.87. The number of nitrogens with one attached hydrogen (secondary N) is 1. The summed E-state index contributed by atoms with van der Waals surface area (Å²) in [5.41, 5.74) is 1.21. The Labute approximate surface area is 124 Å². The number of amides is 2. The zero-order valence-electron chi connectivity index (χ0n) is 12.1. The highest BCUT2D eigenvalue weighted by Gasteiger charge is 2.21. The van der Waals surface area contributed by atoms with Crippen molar-refractivity contribution in [1.29, 1.82) is 0 Å². The second-order valence-corrected chi connectivity index (χ2v) is 5.11. The standard InChI is InChI=1S/C15H19N5O/c1-18-8-7-14(17-18)16-15(21)20-11-9-19(10-12-20)13-5-3-2-4-6-13/h2-8H,9-12H2,1H3,(H,16,17,21). The zero-order chi connectivity index (χ0) is 14.7. The molecule has 1 aromatic heterocycles. The highest BCUT2D eigenvalue weighted by Crippen LogP contribution is 2.16. The number of aromatic nitrogens is 2. The SMILES string of the molecule is Cn1ccc(NC(=O)N2CCN(c3ccccc3)CC2)n1. The molecule has 2 heterocycles. The molecule has 1 saturated heterocycles. The molecule has 2 aromatic rings. The summed E-state index contributed by atoms with van der Waals surface area (Å²) in [5.74, 6) is 0.591. The molecule has 0 saturated carbocycles. The fraction of sp³-hybridized carbons (Fsp3) is 0.333. The number of para-hydroxylation sites is 1. The number of hydrogen-bond donors (Lipinski definition) is 1. The fourth-order valence-corrected chi connectivity index (χ4v) is 2.48. The van der Waals surface area contributed by atoms with E-state index in [0.717, 1.165) is 13.1 Å². The maximum absolute atomic E-state index is 12.2. The van der Waals surface area contributed by atoms with Crippen molar-refractivity contribution < 1.29 is 4.79 Å². The van der Waals surface area contributed by atoms with E-state index in [-0.39, 0.29) is 6.03 Å². The minimum Gasteiger partial charge on any atom is -0.368 e. The molecule has 2 amide bonds. The van der Waals surface area contributed by atoms with Crippen LogP contribution in [-0.4, -0.2) is 46.9 Å². The second-order valence-electron chi connectivity index (χ2n) is 5.11. The van der Waals surface area contributed by atoms with Gasteiger partial charge in [0.05, 0.1) is 0 Å². The molecular weight excluding hydrogens is 266 g/mol. The van der Waals surface area contributed by atoms with Gasteiger partial charge in [-0.3, -0.25) is 10.00 Å². The third-order valence-corrected chi connectivity index (χ3v) is 3.64. The van der Waals surface area contributed by atoms with Crippen molar-refractivity contribution in [3.8, 4) is 0 Å². The lowest BCUT2D eigenvalue weighted by Crippen LogP contribution is -2.50. The van der Waals surface area contributed by atoms with Gasteiger partial charge in [-0.05, 0) is 12.1 Å². The van der Waals surface area contributed by atoms with Gasteiger partial charge in [0, 0.05) is 51.2 Å². The van der Waals surface area contributed by atoms with E-state index < -0.39 is 0 Å². The molecular formula is C15H19N5O. The van der Waals surface area contributed by atoms with E-state index in [4.69, 9.17) is 0 Å². The van der Waals surface area contributed by atoms with Gasteiger partial charge in [-0.25, -0.2) is 4.79 Å². The van der Waals surface area contributed by atoms with E-state index in [0.29, 0.717) is 18.9 Å². The molecule has 1 N–H and O–H groups in total. The Morgan fingerprint density at radius 3 is 2.43 bits per heavy atom. The summed E-state index contributed by atoms with van der Waals surface area (Å²) in [6.07, 6.45) is 1.81. The molecule has 1 aliphatic rings. The number of carbonyl (C=O) groups excluding carboxylic acids is 1. The van der Waals surface area contributed by atoms with E-state index in [1.807, 2.05) is 36.3 Å². The van der Waals surface area contributed by atoms with Crippen molar-refractivity contribution in [2.24, 2.45) is 7.05 Å².